The van der Waals surface area contributed by atoms with Crippen LogP contribution in [0.5, 0.6) is 0 Å². The normalized spacial score (nSPS) is 13.5. The summed E-state index contributed by atoms with van der Waals surface area (Å²) in [5, 5.41) is 0. The quantitative estimate of drug-likeness (QED) is 0.836. The predicted molar refractivity (Wildman–Crippen MR) is 81.7 cm³/mol. The van der Waals surface area contributed by atoms with Crippen LogP contribution in [0.2, 0.25) is 0 Å². The highest BCUT2D eigenvalue weighted by molar-refractivity contribution is 7.90. The first kappa shape index (κ1) is 15.7. The fourth-order valence-electron chi connectivity index (χ4n) is 2.14. The van der Waals surface area contributed by atoms with Gasteiger partial charge in [0.1, 0.15) is 15.7 Å². The van der Waals surface area contributed by atoms with Crippen molar-refractivity contribution in [3.63, 3.8) is 0 Å². The molecule has 21 heavy (non-hydrogen) atoms. The number of carbonyl (C=O) groups is 1. The van der Waals surface area contributed by atoms with E-state index < -0.39 is 15.9 Å². The molecule has 6 nitrogen and oxygen atoms in total. The van der Waals surface area contributed by atoms with Crippen LogP contribution in [0.1, 0.15) is 12.2 Å². The van der Waals surface area contributed by atoms with Gasteiger partial charge in [0.25, 0.3) is 0 Å². The maximum Gasteiger partial charge on any atom is 0.157 e. The van der Waals surface area contributed by atoms with Crippen molar-refractivity contribution in [2.24, 2.45) is 12.8 Å². The van der Waals surface area contributed by atoms with E-state index in [9.17, 15) is 13.2 Å². The summed E-state index contributed by atoms with van der Waals surface area (Å²) in [6, 6.07) is 6.83. The number of sulfone groups is 1. The van der Waals surface area contributed by atoms with Crippen molar-refractivity contribution in [3.05, 3.63) is 30.1 Å². The van der Waals surface area contributed by atoms with Gasteiger partial charge in [-0.15, -0.1) is 0 Å². The minimum atomic E-state index is -3.11. The molecule has 0 spiro atoms. The van der Waals surface area contributed by atoms with Gasteiger partial charge >= 0.3 is 0 Å². The number of imidazole rings is 1. The summed E-state index contributed by atoms with van der Waals surface area (Å²) in [6.07, 6.45) is 1.38. The number of hydrogen-bond donors (Lipinski definition) is 1. The smallest absolute Gasteiger partial charge is 0.157 e. The zero-order valence-corrected chi connectivity index (χ0v) is 12.9. The third-order valence-electron chi connectivity index (χ3n) is 3.43. The maximum absolute atomic E-state index is 12.1. The molecule has 2 rings (SSSR count). The summed E-state index contributed by atoms with van der Waals surface area (Å²) in [4.78, 5) is 16.5. The fraction of sp³-hybridized carbons (Fsp3) is 0.429. The number of nitrogens with zero attached hydrogens (tertiary/aromatic N) is 2. The predicted octanol–water partition coefficient (Wildman–Crippen LogP) is 0.447. The number of para-hydroxylation sites is 2. The standard InChI is InChI=1S/C14H19N3O3S/c1-17-12-6-4-3-5-11(12)16-14(17)9-13(18)10(15)7-8-21(2,19)20/h3-6,10H,7-9,15H2,1-2H3. The Balaban J connectivity index is 2.09. The average molecular weight is 309 g/mol. The maximum atomic E-state index is 12.1. The molecule has 1 aromatic carbocycles. The number of nitrogens with two attached hydrogens (primary N) is 1. The van der Waals surface area contributed by atoms with E-state index in [0.717, 1.165) is 17.3 Å². The van der Waals surface area contributed by atoms with Crippen molar-refractivity contribution in [2.75, 3.05) is 12.0 Å². The summed E-state index contributed by atoms with van der Waals surface area (Å²) >= 11 is 0. The van der Waals surface area contributed by atoms with Gasteiger partial charge < -0.3 is 10.3 Å². The Labute approximate surface area is 123 Å². The minimum absolute atomic E-state index is 0.0809. The molecule has 1 atom stereocenters. The lowest BCUT2D eigenvalue weighted by Gasteiger charge is -2.09. The third-order valence-corrected chi connectivity index (χ3v) is 4.40. The molecule has 1 heterocycles. The summed E-state index contributed by atoms with van der Waals surface area (Å²) in [5.41, 5.74) is 7.54. The minimum Gasteiger partial charge on any atom is -0.331 e. The van der Waals surface area contributed by atoms with Crippen LogP contribution in [-0.2, 0) is 28.1 Å². The van der Waals surface area contributed by atoms with Gasteiger partial charge in [-0.05, 0) is 18.6 Å². The highest BCUT2D eigenvalue weighted by Crippen LogP contribution is 2.15. The number of aromatic nitrogens is 2. The first-order chi connectivity index (χ1) is 9.78. The second-order valence-corrected chi connectivity index (χ2v) is 7.50. The van der Waals surface area contributed by atoms with E-state index in [0.29, 0.717) is 5.82 Å². The number of Topliss-reactive ketones (excluding diaryl/α,β-unsaturated/α-hetero) is 1. The second kappa shape index (κ2) is 5.95. The van der Waals surface area contributed by atoms with Crippen molar-refractivity contribution in [1.29, 1.82) is 0 Å². The van der Waals surface area contributed by atoms with Crippen LogP contribution >= 0.6 is 0 Å². The highest BCUT2D eigenvalue weighted by Gasteiger charge is 2.19. The number of carbonyl (C=O) groups excluding carboxylic acids is 1. The molecular formula is C14H19N3O3S. The number of ketones is 1. The number of rotatable bonds is 6. The average Bonchev–Trinajstić information content (AvgIpc) is 2.72. The SMILES string of the molecule is Cn1c(CC(=O)C(N)CCS(C)(=O)=O)nc2ccccc21. The zero-order chi connectivity index (χ0) is 15.6. The monoisotopic (exact) mass is 309 g/mol. The Morgan fingerprint density at radius 3 is 2.67 bits per heavy atom. The van der Waals surface area contributed by atoms with E-state index in [2.05, 4.69) is 4.98 Å². The first-order valence-corrected chi connectivity index (χ1v) is 8.70. The number of hydrogen-bond acceptors (Lipinski definition) is 5. The molecule has 2 N–H and O–H groups in total. The summed E-state index contributed by atoms with van der Waals surface area (Å²) in [5.74, 6) is 0.357. The van der Waals surface area contributed by atoms with Crippen LogP contribution in [0.3, 0.4) is 0 Å². The molecule has 0 aliphatic carbocycles. The fourth-order valence-corrected chi connectivity index (χ4v) is 2.82. The van der Waals surface area contributed by atoms with Gasteiger partial charge in [-0.2, -0.15) is 0 Å². The van der Waals surface area contributed by atoms with Crippen LogP contribution in [0, 0.1) is 0 Å². The summed E-state index contributed by atoms with van der Waals surface area (Å²) in [6.45, 7) is 0. The van der Waals surface area contributed by atoms with Crippen LogP contribution in [0.25, 0.3) is 11.0 Å². The largest absolute Gasteiger partial charge is 0.331 e. The molecule has 0 fully saturated rings. The van der Waals surface area contributed by atoms with E-state index in [-0.39, 0.29) is 24.4 Å². The number of fused-ring (bicyclic) bond motifs is 1. The van der Waals surface area contributed by atoms with Gasteiger partial charge in [-0.1, -0.05) is 12.1 Å². The Kier molecular flexibility index (Phi) is 4.43. The van der Waals surface area contributed by atoms with E-state index in [1.807, 2.05) is 35.9 Å². The molecule has 0 saturated heterocycles. The van der Waals surface area contributed by atoms with Crippen molar-refractivity contribution < 1.29 is 13.2 Å². The van der Waals surface area contributed by atoms with Crippen LogP contribution in [0.4, 0.5) is 0 Å². The second-order valence-electron chi connectivity index (χ2n) is 5.24. The molecule has 0 aliphatic heterocycles. The summed E-state index contributed by atoms with van der Waals surface area (Å²) in [7, 11) is -1.26. The zero-order valence-electron chi connectivity index (χ0n) is 12.1. The van der Waals surface area contributed by atoms with Crippen molar-refractivity contribution in [3.8, 4) is 0 Å². The van der Waals surface area contributed by atoms with Gasteiger partial charge in [0.2, 0.25) is 0 Å². The Morgan fingerprint density at radius 2 is 2.05 bits per heavy atom. The lowest BCUT2D eigenvalue weighted by Crippen LogP contribution is -2.34. The van der Waals surface area contributed by atoms with Crippen LogP contribution in [0.15, 0.2) is 24.3 Å². The molecule has 7 heteroatoms. The molecule has 0 aliphatic rings. The molecule has 114 valence electrons. The number of benzene rings is 1. The molecule has 0 bridgehead atoms. The van der Waals surface area contributed by atoms with Crippen molar-refractivity contribution in [2.45, 2.75) is 18.9 Å². The topological polar surface area (TPSA) is 95.0 Å². The lowest BCUT2D eigenvalue weighted by molar-refractivity contribution is -0.119. The van der Waals surface area contributed by atoms with Crippen LogP contribution in [-0.4, -0.2) is 41.8 Å². The lowest BCUT2D eigenvalue weighted by atomic mass is 10.1. The molecule has 0 saturated carbocycles. The molecular weight excluding hydrogens is 290 g/mol. The molecule has 2 aromatic rings. The third kappa shape index (κ3) is 3.89. The molecule has 1 aromatic heterocycles. The van der Waals surface area contributed by atoms with E-state index >= 15 is 0 Å². The van der Waals surface area contributed by atoms with Gasteiger partial charge in [0.15, 0.2) is 5.78 Å². The van der Waals surface area contributed by atoms with Gasteiger partial charge in [-0.3, -0.25) is 4.79 Å². The van der Waals surface area contributed by atoms with Gasteiger partial charge in [0, 0.05) is 13.3 Å². The first-order valence-electron chi connectivity index (χ1n) is 6.64. The molecule has 0 radical (unpaired) electrons. The Bertz CT molecular complexity index is 765. The number of aryl methyl sites for hydroxylation is 1. The van der Waals surface area contributed by atoms with Crippen molar-refractivity contribution >= 4 is 26.7 Å². The van der Waals surface area contributed by atoms with E-state index in [1.165, 1.54) is 0 Å². The van der Waals surface area contributed by atoms with Crippen LogP contribution < -0.4 is 5.73 Å². The molecule has 0 amide bonds. The Hall–Kier alpha value is -1.73. The van der Waals surface area contributed by atoms with Crippen molar-refractivity contribution in [1.82, 2.24) is 9.55 Å². The summed E-state index contributed by atoms with van der Waals surface area (Å²) < 4.78 is 24.1. The highest BCUT2D eigenvalue weighted by atomic mass is 32.2. The molecule has 1 unspecified atom stereocenters. The van der Waals surface area contributed by atoms with Gasteiger partial charge in [0.05, 0.1) is 29.2 Å². The van der Waals surface area contributed by atoms with Gasteiger partial charge in [-0.25, -0.2) is 13.4 Å². The van der Waals surface area contributed by atoms with E-state index in [1.54, 1.807) is 0 Å². The Morgan fingerprint density at radius 1 is 1.38 bits per heavy atom. The van der Waals surface area contributed by atoms with E-state index in [4.69, 9.17) is 5.73 Å².